The van der Waals surface area contributed by atoms with Gasteiger partial charge in [0.2, 0.25) is 23.6 Å². The van der Waals surface area contributed by atoms with Gasteiger partial charge in [-0.25, -0.2) is 4.98 Å². The lowest BCUT2D eigenvalue weighted by Gasteiger charge is -2.33. The van der Waals surface area contributed by atoms with E-state index in [4.69, 9.17) is 0 Å². The molecule has 0 aliphatic carbocycles. The predicted octanol–water partition coefficient (Wildman–Crippen LogP) is 2.27. The lowest BCUT2D eigenvalue weighted by atomic mass is 10.00. The van der Waals surface area contributed by atoms with Crippen LogP contribution in [0, 0.1) is 0 Å². The van der Waals surface area contributed by atoms with Gasteiger partial charge in [0.15, 0.2) is 0 Å². The van der Waals surface area contributed by atoms with Crippen molar-refractivity contribution in [1.82, 2.24) is 25.8 Å². The van der Waals surface area contributed by atoms with Crippen molar-refractivity contribution in [3.05, 3.63) is 24.4 Å². The summed E-state index contributed by atoms with van der Waals surface area (Å²) in [6, 6.07) is 3.66. The third kappa shape index (κ3) is 7.60. The Morgan fingerprint density at radius 1 is 1.09 bits per heavy atom. The van der Waals surface area contributed by atoms with Gasteiger partial charge >= 0.3 is 0 Å². The van der Waals surface area contributed by atoms with Crippen LogP contribution < -0.4 is 16.0 Å². The van der Waals surface area contributed by atoms with Gasteiger partial charge in [-0.2, -0.15) is 0 Å². The molecule has 1 aromatic rings. The maximum absolute atomic E-state index is 13.1. The van der Waals surface area contributed by atoms with Crippen molar-refractivity contribution >= 4 is 45.2 Å². The largest absolute Gasteiger partial charge is 0.343 e. The van der Waals surface area contributed by atoms with E-state index >= 15 is 0 Å². The Hall–Kier alpha value is -2.27. The van der Waals surface area contributed by atoms with Crippen LogP contribution in [0.3, 0.4) is 0 Å². The Morgan fingerprint density at radius 3 is 2.63 bits per heavy atom. The number of rotatable bonds is 8. The molecule has 0 saturated carbocycles. The maximum atomic E-state index is 13.1. The highest BCUT2D eigenvalue weighted by atomic mass is 33.1. The Bertz CT molecular complexity index is 914. The fourth-order valence-corrected chi connectivity index (χ4v) is 6.19. The normalized spacial score (nSPS) is 25.1. The van der Waals surface area contributed by atoms with Crippen molar-refractivity contribution in [1.29, 1.82) is 0 Å². The van der Waals surface area contributed by atoms with E-state index in [-0.39, 0.29) is 17.7 Å². The van der Waals surface area contributed by atoms with Crippen molar-refractivity contribution in [2.75, 3.05) is 12.3 Å². The third-order valence-corrected chi connectivity index (χ3v) is 8.55. The summed E-state index contributed by atoms with van der Waals surface area (Å²) in [7, 11) is 3.39. The van der Waals surface area contributed by atoms with Gasteiger partial charge in [0.25, 0.3) is 0 Å². The van der Waals surface area contributed by atoms with Gasteiger partial charge in [-0.05, 0) is 69.4 Å². The van der Waals surface area contributed by atoms with Crippen molar-refractivity contribution in [3.63, 3.8) is 0 Å². The number of fused-ring (bicyclic) bond motifs is 1. The molecule has 3 rings (SSSR count). The van der Waals surface area contributed by atoms with Crippen molar-refractivity contribution in [3.8, 4) is 0 Å². The molecule has 3 N–H and O–H groups in total. The van der Waals surface area contributed by atoms with E-state index < -0.39 is 29.6 Å². The Kier molecular flexibility index (Phi) is 9.85. The minimum atomic E-state index is -1.22. The van der Waals surface area contributed by atoms with Crippen LogP contribution in [0.5, 0.6) is 0 Å². The fourth-order valence-electron chi connectivity index (χ4n) is 4.16. The maximum Gasteiger partial charge on any atom is 0.245 e. The number of carbonyl (C=O) groups is 4. The van der Waals surface area contributed by atoms with Gasteiger partial charge in [-0.15, -0.1) is 0 Å². The van der Waals surface area contributed by atoms with Crippen LogP contribution in [0.4, 0.5) is 0 Å². The molecule has 0 bridgehead atoms. The highest BCUT2D eigenvalue weighted by molar-refractivity contribution is 8.76. The average molecular weight is 522 g/mol. The second-order valence-corrected chi connectivity index (χ2v) is 11.9. The first-order valence-electron chi connectivity index (χ1n) is 12.1. The molecule has 9 nitrogen and oxygen atoms in total. The average Bonchev–Trinajstić information content (AvgIpc) is 3.32. The molecule has 2 fully saturated rings. The summed E-state index contributed by atoms with van der Waals surface area (Å²) in [6.45, 7) is 5.26. The van der Waals surface area contributed by atoms with Gasteiger partial charge in [-0.3, -0.25) is 19.2 Å². The van der Waals surface area contributed by atoms with Gasteiger partial charge < -0.3 is 20.9 Å². The molecule has 192 valence electrons. The Balaban J connectivity index is 1.58. The summed E-state index contributed by atoms with van der Waals surface area (Å²) in [5.41, 5.74) is -1.22. The lowest BCUT2D eigenvalue weighted by molar-refractivity contribution is -0.144. The van der Waals surface area contributed by atoms with Crippen molar-refractivity contribution in [2.24, 2.45) is 0 Å². The zero-order valence-corrected chi connectivity index (χ0v) is 22.2. The monoisotopic (exact) mass is 521 g/mol. The summed E-state index contributed by atoms with van der Waals surface area (Å²) in [5.74, 6) is -0.459. The first kappa shape index (κ1) is 27.3. The molecule has 35 heavy (non-hydrogen) atoms. The number of hydrogen-bond acceptors (Lipinski definition) is 7. The molecule has 2 saturated heterocycles. The van der Waals surface area contributed by atoms with Gasteiger partial charge in [-0.1, -0.05) is 29.7 Å². The minimum absolute atomic E-state index is 0.281. The molecular formula is C24H35N5O4S2. The zero-order valence-electron chi connectivity index (χ0n) is 20.5. The van der Waals surface area contributed by atoms with Crippen LogP contribution in [0.25, 0.3) is 0 Å². The number of unbranched alkanes of at least 4 members (excludes halogenated alkanes) is 2. The highest BCUT2D eigenvalue weighted by Crippen LogP contribution is 2.30. The van der Waals surface area contributed by atoms with Crippen molar-refractivity contribution in [2.45, 2.75) is 88.0 Å². The molecule has 1 aromatic heterocycles. The highest BCUT2D eigenvalue weighted by Gasteiger charge is 2.41. The first-order chi connectivity index (χ1) is 16.7. The Labute approximate surface area is 214 Å². The van der Waals surface area contributed by atoms with E-state index in [1.807, 2.05) is 18.2 Å². The number of pyridine rings is 1. The molecule has 0 aromatic carbocycles. The van der Waals surface area contributed by atoms with E-state index in [0.29, 0.717) is 25.8 Å². The van der Waals surface area contributed by atoms with Crippen LogP contribution in [-0.2, 0) is 19.2 Å². The molecule has 2 aliphatic heterocycles. The quantitative estimate of drug-likeness (QED) is 0.355. The first-order valence-corrected chi connectivity index (χ1v) is 14.5. The summed E-state index contributed by atoms with van der Waals surface area (Å²) in [5, 5.41) is 9.31. The number of carbonyl (C=O) groups excluding carboxylic acids is 4. The van der Waals surface area contributed by atoms with Crippen molar-refractivity contribution < 1.29 is 19.2 Å². The van der Waals surface area contributed by atoms with Crippen LogP contribution in [0.2, 0.25) is 0 Å². The molecule has 4 amide bonds. The standard InChI is InChI=1S/C24H35N5O4S2/c1-16-22(32)29-14-9-11-18(29)21(31)27-17(20(30)28-24(2,3)23(33)26-16)10-5-4-8-15-34-35-19-12-6-7-13-25-19/h6-7,12-13,16-18H,4-5,8-11,14-15H2,1-3H3,(H,26,33)(H,27,31)(H,28,30). The zero-order chi connectivity index (χ0) is 25.4. The summed E-state index contributed by atoms with van der Waals surface area (Å²) >= 11 is 0. The SMILES string of the molecule is CC1NC(=O)C(C)(C)NC(=O)C(CCCCCSSc2ccccn2)NC(=O)C2CCCN2C1=O. The van der Waals surface area contributed by atoms with E-state index in [1.54, 1.807) is 48.6 Å². The second kappa shape index (κ2) is 12.6. The van der Waals surface area contributed by atoms with Gasteiger partial charge in [0.05, 0.1) is 0 Å². The molecule has 3 heterocycles. The fraction of sp³-hybridized carbons (Fsp3) is 0.625. The van der Waals surface area contributed by atoms with E-state index in [2.05, 4.69) is 20.9 Å². The Morgan fingerprint density at radius 2 is 1.89 bits per heavy atom. The van der Waals surface area contributed by atoms with Gasteiger partial charge in [0, 0.05) is 18.5 Å². The predicted molar refractivity (Wildman–Crippen MR) is 138 cm³/mol. The second-order valence-electron chi connectivity index (χ2n) is 9.48. The van der Waals surface area contributed by atoms with E-state index in [9.17, 15) is 19.2 Å². The number of aromatic nitrogens is 1. The molecule has 3 atom stereocenters. The van der Waals surface area contributed by atoms with Crippen LogP contribution in [-0.4, -0.2) is 69.5 Å². The van der Waals surface area contributed by atoms with Crippen LogP contribution >= 0.6 is 21.6 Å². The molecular weight excluding hydrogens is 486 g/mol. The molecule has 11 heteroatoms. The van der Waals surface area contributed by atoms with Gasteiger partial charge in [0.1, 0.15) is 28.7 Å². The van der Waals surface area contributed by atoms with Crippen LogP contribution in [0.15, 0.2) is 29.4 Å². The number of hydrogen-bond donors (Lipinski definition) is 3. The van der Waals surface area contributed by atoms with Crippen LogP contribution in [0.1, 0.15) is 59.3 Å². The molecule has 0 spiro atoms. The van der Waals surface area contributed by atoms with E-state index in [0.717, 1.165) is 30.0 Å². The summed E-state index contributed by atoms with van der Waals surface area (Å²) in [6.07, 6.45) is 6.13. The minimum Gasteiger partial charge on any atom is -0.343 e. The third-order valence-electron chi connectivity index (χ3n) is 6.20. The number of nitrogens with zero attached hydrogens (tertiary/aromatic N) is 2. The topological polar surface area (TPSA) is 120 Å². The number of amides is 4. The molecule has 2 aliphatic rings. The molecule has 3 unspecified atom stereocenters. The number of nitrogens with one attached hydrogen (secondary N) is 3. The van der Waals surface area contributed by atoms with E-state index in [1.165, 1.54) is 4.90 Å². The summed E-state index contributed by atoms with van der Waals surface area (Å²) < 4.78 is 0. The lowest BCUT2D eigenvalue weighted by Crippen LogP contribution is -2.64. The summed E-state index contributed by atoms with van der Waals surface area (Å²) in [4.78, 5) is 57.7. The smallest absolute Gasteiger partial charge is 0.245 e. The molecule has 0 radical (unpaired) electrons.